The number of amides is 2. The van der Waals surface area contributed by atoms with Crippen LogP contribution < -0.4 is 5.32 Å². The summed E-state index contributed by atoms with van der Waals surface area (Å²) < 4.78 is 5.38. The third kappa shape index (κ3) is 5.65. The zero-order valence-corrected chi connectivity index (χ0v) is 16.5. The van der Waals surface area contributed by atoms with Crippen LogP contribution in [0.4, 0.5) is 5.69 Å². The van der Waals surface area contributed by atoms with E-state index in [1.54, 1.807) is 35.6 Å². The first-order chi connectivity index (χ1) is 13.1. The first-order valence-electron chi connectivity index (χ1n) is 9.44. The summed E-state index contributed by atoms with van der Waals surface area (Å²) in [6.07, 6.45) is 3.42. The maximum absolute atomic E-state index is 12.6. The van der Waals surface area contributed by atoms with Gasteiger partial charge >= 0.3 is 0 Å². The van der Waals surface area contributed by atoms with E-state index in [1.807, 2.05) is 11.8 Å². The molecule has 1 aromatic heterocycles. The van der Waals surface area contributed by atoms with Crippen molar-refractivity contribution in [2.24, 2.45) is 0 Å². The van der Waals surface area contributed by atoms with Gasteiger partial charge in [-0.2, -0.15) is 0 Å². The number of carbonyl (C=O) groups excluding carboxylic acids is 2. The highest BCUT2D eigenvalue weighted by Gasteiger charge is 2.24. The Labute approximate surface area is 164 Å². The van der Waals surface area contributed by atoms with Crippen LogP contribution in [-0.2, 0) is 16.0 Å². The van der Waals surface area contributed by atoms with Crippen molar-refractivity contribution in [3.8, 4) is 0 Å². The largest absolute Gasteiger partial charge is 0.377 e. The number of unbranched alkanes of at least 4 members (excludes halogenated alkanes) is 1. The minimum Gasteiger partial charge on any atom is -0.377 e. The summed E-state index contributed by atoms with van der Waals surface area (Å²) in [4.78, 5) is 27.9. The topological polar surface area (TPSA) is 58.6 Å². The summed E-state index contributed by atoms with van der Waals surface area (Å²) in [6.45, 7) is 3.76. The molecule has 2 heterocycles. The standard InChI is InChI=1S/C21H26N2O3S/c1-16-15-26-13-12-23(16)21(25)17-8-10-18(11-9-17)22-20(24)7-3-2-5-19-6-4-14-27-19/h4,6,8-11,14,16H,2-3,5,7,12-13,15H2,1H3,(H,22,24). The van der Waals surface area contributed by atoms with Gasteiger partial charge in [0.2, 0.25) is 5.91 Å². The number of ether oxygens (including phenoxy) is 1. The Morgan fingerprint density at radius 3 is 2.74 bits per heavy atom. The molecular weight excluding hydrogens is 360 g/mol. The Hall–Kier alpha value is -2.18. The molecule has 0 bridgehead atoms. The van der Waals surface area contributed by atoms with E-state index in [4.69, 9.17) is 4.74 Å². The molecular formula is C21H26N2O3S. The molecule has 1 fully saturated rings. The number of hydrogen-bond acceptors (Lipinski definition) is 4. The predicted molar refractivity (Wildman–Crippen MR) is 108 cm³/mol. The lowest BCUT2D eigenvalue weighted by Crippen LogP contribution is -2.47. The second kappa shape index (κ2) is 9.67. The summed E-state index contributed by atoms with van der Waals surface area (Å²) in [7, 11) is 0. The van der Waals surface area contributed by atoms with Gasteiger partial charge in [0.15, 0.2) is 0 Å². The van der Waals surface area contributed by atoms with Gasteiger partial charge in [0, 0.05) is 29.1 Å². The highest BCUT2D eigenvalue weighted by molar-refractivity contribution is 7.09. The van der Waals surface area contributed by atoms with Crippen molar-refractivity contribution in [1.82, 2.24) is 4.90 Å². The fraction of sp³-hybridized carbons (Fsp3) is 0.429. The molecule has 3 rings (SSSR count). The fourth-order valence-electron chi connectivity index (χ4n) is 3.15. The number of benzene rings is 1. The van der Waals surface area contributed by atoms with E-state index in [0.29, 0.717) is 31.7 Å². The second-order valence-electron chi connectivity index (χ2n) is 6.83. The van der Waals surface area contributed by atoms with Gasteiger partial charge in [-0.25, -0.2) is 0 Å². The number of thiophene rings is 1. The van der Waals surface area contributed by atoms with Crippen molar-refractivity contribution in [1.29, 1.82) is 0 Å². The molecule has 1 saturated heterocycles. The number of anilines is 1. The molecule has 1 unspecified atom stereocenters. The van der Waals surface area contributed by atoms with Crippen LogP contribution in [0.15, 0.2) is 41.8 Å². The third-order valence-corrected chi connectivity index (χ3v) is 5.64. The normalized spacial score (nSPS) is 16.9. The molecule has 2 amide bonds. The van der Waals surface area contributed by atoms with Crippen molar-refractivity contribution in [3.05, 3.63) is 52.2 Å². The average molecular weight is 387 g/mol. The smallest absolute Gasteiger partial charge is 0.254 e. The maximum Gasteiger partial charge on any atom is 0.254 e. The molecule has 27 heavy (non-hydrogen) atoms. The lowest BCUT2D eigenvalue weighted by atomic mass is 10.1. The molecule has 2 aromatic rings. The summed E-state index contributed by atoms with van der Waals surface area (Å²) >= 11 is 1.76. The summed E-state index contributed by atoms with van der Waals surface area (Å²) in [5.41, 5.74) is 1.36. The van der Waals surface area contributed by atoms with E-state index in [2.05, 4.69) is 22.8 Å². The summed E-state index contributed by atoms with van der Waals surface area (Å²) in [5, 5.41) is 4.99. The monoisotopic (exact) mass is 386 g/mol. The van der Waals surface area contributed by atoms with E-state index in [1.165, 1.54) is 4.88 Å². The Morgan fingerprint density at radius 2 is 2.04 bits per heavy atom. The van der Waals surface area contributed by atoms with Crippen LogP contribution in [-0.4, -0.2) is 42.5 Å². The molecule has 1 aromatic carbocycles. The van der Waals surface area contributed by atoms with Gasteiger partial charge in [0.25, 0.3) is 5.91 Å². The van der Waals surface area contributed by atoms with Gasteiger partial charge in [-0.3, -0.25) is 9.59 Å². The first kappa shape index (κ1) is 19.6. The fourth-order valence-corrected chi connectivity index (χ4v) is 3.91. The third-order valence-electron chi connectivity index (χ3n) is 4.70. The number of morpholine rings is 1. The Bertz CT molecular complexity index is 743. The number of carbonyl (C=O) groups is 2. The Balaban J connectivity index is 1.44. The number of nitrogens with one attached hydrogen (secondary N) is 1. The number of hydrogen-bond donors (Lipinski definition) is 1. The van der Waals surface area contributed by atoms with Crippen molar-refractivity contribution in [3.63, 3.8) is 0 Å². The zero-order valence-electron chi connectivity index (χ0n) is 15.6. The van der Waals surface area contributed by atoms with Gasteiger partial charge in [0.05, 0.1) is 19.3 Å². The van der Waals surface area contributed by atoms with Crippen LogP contribution in [0.2, 0.25) is 0 Å². The number of aryl methyl sites for hydroxylation is 1. The van der Waals surface area contributed by atoms with E-state index >= 15 is 0 Å². The molecule has 1 aliphatic rings. The Morgan fingerprint density at radius 1 is 1.22 bits per heavy atom. The molecule has 1 aliphatic heterocycles. The van der Waals surface area contributed by atoms with Crippen molar-refractivity contribution in [2.75, 3.05) is 25.1 Å². The van der Waals surface area contributed by atoms with Gasteiger partial charge in [-0.1, -0.05) is 6.07 Å². The lowest BCUT2D eigenvalue weighted by molar-refractivity contribution is -0.116. The Kier molecular flexibility index (Phi) is 7.01. The molecule has 0 aliphatic carbocycles. The zero-order chi connectivity index (χ0) is 19.1. The first-order valence-corrected chi connectivity index (χ1v) is 10.3. The minimum absolute atomic E-state index is 0.0113. The molecule has 5 nitrogen and oxygen atoms in total. The highest BCUT2D eigenvalue weighted by atomic mass is 32.1. The summed E-state index contributed by atoms with van der Waals surface area (Å²) in [5.74, 6) is 0.0271. The van der Waals surface area contributed by atoms with Gasteiger partial charge in [-0.15, -0.1) is 11.3 Å². The molecule has 144 valence electrons. The highest BCUT2D eigenvalue weighted by Crippen LogP contribution is 2.16. The van der Waals surface area contributed by atoms with Crippen molar-refractivity contribution in [2.45, 2.75) is 38.6 Å². The van der Waals surface area contributed by atoms with Crippen LogP contribution in [0.25, 0.3) is 0 Å². The van der Waals surface area contributed by atoms with E-state index in [0.717, 1.165) is 24.9 Å². The maximum atomic E-state index is 12.6. The molecule has 0 spiro atoms. The van der Waals surface area contributed by atoms with Gasteiger partial charge in [0.1, 0.15) is 0 Å². The summed E-state index contributed by atoms with van der Waals surface area (Å²) in [6, 6.07) is 11.4. The van der Waals surface area contributed by atoms with Gasteiger partial charge in [-0.05, 0) is 61.9 Å². The van der Waals surface area contributed by atoms with Crippen molar-refractivity contribution >= 4 is 28.8 Å². The average Bonchev–Trinajstić information content (AvgIpc) is 3.19. The van der Waals surface area contributed by atoms with E-state index < -0.39 is 0 Å². The van der Waals surface area contributed by atoms with E-state index in [-0.39, 0.29) is 17.9 Å². The van der Waals surface area contributed by atoms with Crippen LogP contribution in [0.3, 0.4) is 0 Å². The molecule has 1 atom stereocenters. The molecule has 1 N–H and O–H groups in total. The SMILES string of the molecule is CC1COCCN1C(=O)c1ccc(NC(=O)CCCCc2cccs2)cc1. The van der Waals surface area contributed by atoms with E-state index in [9.17, 15) is 9.59 Å². The van der Waals surface area contributed by atoms with Crippen LogP contribution in [0.5, 0.6) is 0 Å². The quantitative estimate of drug-likeness (QED) is 0.733. The number of rotatable bonds is 7. The van der Waals surface area contributed by atoms with Crippen LogP contribution in [0.1, 0.15) is 41.4 Å². The lowest BCUT2D eigenvalue weighted by Gasteiger charge is -2.33. The molecule has 6 heteroatoms. The second-order valence-corrected chi connectivity index (χ2v) is 7.87. The van der Waals surface area contributed by atoms with Crippen molar-refractivity contribution < 1.29 is 14.3 Å². The van der Waals surface area contributed by atoms with Crippen LogP contribution >= 0.6 is 11.3 Å². The number of nitrogens with zero attached hydrogens (tertiary/aromatic N) is 1. The molecule has 0 saturated carbocycles. The minimum atomic E-state index is 0.0113. The van der Waals surface area contributed by atoms with Crippen LogP contribution in [0, 0.1) is 0 Å². The predicted octanol–water partition coefficient (Wildman–Crippen LogP) is 3.96. The molecule has 0 radical (unpaired) electrons. The van der Waals surface area contributed by atoms with Gasteiger partial charge < -0.3 is 15.0 Å².